The van der Waals surface area contributed by atoms with Crippen molar-refractivity contribution in [1.29, 1.82) is 0 Å². The number of hydrogen-bond donors (Lipinski definition) is 2. The second-order valence-electron chi connectivity index (χ2n) is 8.63. The van der Waals surface area contributed by atoms with Crippen LogP contribution in [0.3, 0.4) is 0 Å². The molecule has 140 valence electrons. The Hall–Kier alpha value is -1.21. The molecular weight excluding hydrogens is 314 g/mol. The predicted octanol–water partition coefficient (Wildman–Crippen LogP) is 2.17. The lowest BCUT2D eigenvalue weighted by molar-refractivity contribution is -0.0315. The molecule has 1 aromatic heterocycles. The van der Waals surface area contributed by atoms with Gasteiger partial charge in [0.25, 0.3) is 0 Å². The number of ether oxygens (including phenoxy) is 1. The zero-order valence-corrected chi connectivity index (χ0v) is 15.8. The Kier molecular flexibility index (Phi) is 5.63. The molecule has 3 rings (SSSR count). The molecule has 0 amide bonds. The molecule has 6 nitrogen and oxygen atoms in total. The molecule has 0 aliphatic carbocycles. The summed E-state index contributed by atoms with van der Waals surface area (Å²) in [5.74, 6) is 14.1. The molecular formula is C19H33N5O. The van der Waals surface area contributed by atoms with E-state index in [4.69, 9.17) is 16.4 Å². The highest BCUT2D eigenvalue weighted by Crippen LogP contribution is 2.38. The van der Waals surface area contributed by atoms with Gasteiger partial charge in [-0.05, 0) is 36.7 Å². The van der Waals surface area contributed by atoms with Crippen LogP contribution in [0.25, 0.3) is 0 Å². The number of aromatic nitrogens is 1. The molecule has 0 spiro atoms. The van der Waals surface area contributed by atoms with E-state index in [0.717, 1.165) is 38.8 Å². The largest absolute Gasteiger partial charge is 0.474 e. The molecule has 0 aromatic carbocycles. The first-order valence-electron chi connectivity index (χ1n) is 9.45. The van der Waals surface area contributed by atoms with Gasteiger partial charge in [-0.2, -0.15) is 0 Å². The number of rotatable bonds is 3. The molecule has 4 unspecified atom stereocenters. The van der Waals surface area contributed by atoms with E-state index in [2.05, 4.69) is 25.8 Å². The molecule has 0 saturated carbocycles. The van der Waals surface area contributed by atoms with E-state index in [-0.39, 0.29) is 18.2 Å². The van der Waals surface area contributed by atoms with Crippen LogP contribution in [-0.2, 0) is 0 Å². The van der Waals surface area contributed by atoms with Crippen LogP contribution in [0.1, 0.15) is 46.5 Å². The standard InChI is InChI=1S/C19H33N5O/c1-19(2,3)14-7-10-23(20)16(12-14)17-13-15(8-11-24(17)21)25-18-6-4-5-9-22-18/h4-6,9,14-17H,7-8,10-13,20-21H2,1-3H3. The number of nitrogens with zero attached hydrogens (tertiary/aromatic N) is 3. The van der Waals surface area contributed by atoms with E-state index in [1.807, 2.05) is 28.2 Å². The van der Waals surface area contributed by atoms with Crippen molar-refractivity contribution in [3.63, 3.8) is 0 Å². The molecule has 4 atom stereocenters. The van der Waals surface area contributed by atoms with Crippen molar-refractivity contribution in [1.82, 2.24) is 15.0 Å². The first kappa shape index (κ1) is 18.6. The summed E-state index contributed by atoms with van der Waals surface area (Å²) in [7, 11) is 0. The third-order valence-electron chi connectivity index (χ3n) is 5.92. The van der Waals surface area contributed by atoms with E-state index in [1.165, 1.54) is 0 Å². The van der Waals surface area contributed by atoms with Crippen molar-refractivity contribution in [3.8, 4) is 5.88 Å². The van der Waals surface area contributed by atoms with Crippen molar-refractivity contribution < 1.29 is 4.74 Å². The molecule has 0 radical (unpaired) electrons. The summed E-state index contributed by atoms with van der Waals surface area (Å²) in [5.41, 5.74) is 0.303. The summed E-state index contributed by atoms with van der Waals surface area (Å²) >= 11 is 0. The van der Waals surface area contributed by atoms with Gasteiger partial charge >= 0.3 is 0 Å². The maximum atomic E-state index is 6.37. The maximum Gasteiger partial charge on any atom is 0.213 e. The summed E-state index contributed by atoms with van der Waals surface area (Å²) in [6, 6.07) is 6.26. The minimum Gasteiger partial charge on any atom is -0.474 e. The Morgan fingerprint density at radius 2 is 1.72 bits per heavy atom. The third-order valence-corrected chi connectivity index (χ3v) is 5.92. The molecule has 6 heteroatoms. The van der Waals surface area contributed by atoms with Gasteiger partial charge in [-0.3, -0.25) is 11.7 Å². The molecule has 2 saturated heterocycles. The van der Waals surface area contributed by atoms with Gasteiger partial charge in [0, 0.05) is 43.9 Å². The highest BCUT2D eigenvalue weighted by Gasteiger charge is 2.41. The lowest BCUT2D eigenvalue weighted by atomic mass is 9.72. The van der Waals surface area contributed by atoms with Gasteiger partial charge in [-0.25, -0.2) is 15.0 Å². The average Bonchev–Trinajstić information content (AvgIpc) is 2.57. The normalized spacial score (nSPS) is 32.5. The van der Waals surface area contributed by atoms with E-state index in [0.29, 0.717) is 17.2 Å². The Labute approximate surface area is 151 Å². The Morgan fingerprint density at radius 3 is 2.36 bits per heavy atom. The van der Waals surface area contributed by atoms with Crippen LogP contribution >= 0.6 is 0 Å². The van der Waals surface area contributed by atoms with Crippen LogP contribution in [0.15, 0.2) is 24.4 Å². The van der Waals surface area contributed by atoms with Crippen molar-refractivity contribution in [2.45, 2.75) is 64.6 Å². The van der Waals surface area contributed by atoms with Crippen LogP contribution in [0.5, 0.6) is 5.88 Å². The molecule has 2 aliphatic heterocycles. The van der Waals surface area contributed by atoms with E-state index in [9.17, 15) is 0 Å². The maximum absolute atomic E-state index is 6.37. The van der Waals surface area contributed by atoms with Crippen LogP contribution in [0.4, 0.5) is 0 Å². The average molecular weight is 348 g/mol. The molecule has 4 N–H and O–H groups in total. The highest BCUT2D eigenvalue weighted by molar-refractivity contribution is 5.10. The summed E-state index contributed by atoms with van der Waals surface area (Å²) in [6.45, 7) is 8.74. The van der Waals surface area contributed by atoms with Crippen LogP contribution in [0, 0.1) is 11.3 Å². The van der Waals surface area contributed by atoms with Gasteiger partial charge in [-0.1, -0.05) is 26.8 Å². The number of hydrazine groups is 2. The van der Waals surface area contributed by atoms with Crippen LogP contribution < -0.4 is 16.4 Å². The Balaban J connectivity index is 1.68. The molecule has 1 aromatic rings. The second kappa shape index (κ2) is 7.58. The third kappa shape index (κ3) is 4.50. The molecule has 0 bridgehead atoms. The first-order valence-corrected chi connectivity index (χ1v) is 9.45. The van der Waals surface area contributed by atoms with Crippen molar-refractivity contribution >= 4 is 0 Å². The molecule has 3 heterocycles. The fourth-order valence-electron chi connectivity index (χ4n) is 4.23. The lowest BCUT2D eigenvalue weighted by Gasteiger charge is -2.49. The monoisotopic (exact) mass is 347 g/mol. The quantitative estimate of drug-likeness (QED) is 0.816. The Morgan fingerprint density at radius 1 is 1.04 bits per heavy atom. The zero-order chi connectivity index (χ0) is 18.0. The lowest BCUT2D eigenvalue weighted by Crippen LogP contribution is -2.63. The van der Waals surface area contributed by atoms with Gasteiger partial charge in [0.15, 0.2) is 0 Å². The molecule has 2 fully saturated rings. The summed E-state index contributed by atoms with van der Waals surface area (Å²) in [5, 5.41) is 3.99. The van der Waals surface area contributed by atoms with Gasteiger partial charge in [0.2, 0.25) is 5.88 Å². The number of pyridine rings is 1. The predicted molar refractivity (Wildman–Crippen MR) is 99.4 cm³/mol. The topological polar surface area (TPSA) is 80.6 Å². The van der Waals surface area contributed by atoms with Crippen molar-refractivity contribution in [3.05, 3.63) is 24.4 Å². The first-order chi connectivity index (χ1) is 11.8. The minimum atomic E-state index is 0.142. The SMILES string of the molecule is CC(C)(C)C1CCN(N)C(C2CC(Oc3ccccn3)CCN2N)C1. The number of piperidine rings is 2. The minimum absolute atomic E-state index is 0.142. The highest BCUT2D eigenvalue weighted by atomic mass is 16.5. The number of nitrogens with two attached hydrogens (primary N) is 2. The van der Waals surface area contributed by atoms with Gasteiger partial charge < -0.3 is 4.74 Å². The fourth-order valence-corrected chi connectivity index (χ4v) is 4.23. The zero-order valence-electron chi connectivity index (χ0n) is 15.8. The summed E-state index contributed by atoms with van der Waals surface area (Å²) < 4.78 is 6.10. The van der Waals surface area contributed by atoms with Crippen molar-refractivity contribution in [2.75, 3.05) is 13.1 Å². The van der Waals surface area contributed by atoms with E-state index >= 15 is 0 Å². The fraction of sp³-hybridized carbons (Fsp3) is 0.737. The van der Waals surface area contributed by atoms with Gasteiger partial charge in [-0.15, -0.1) is 0 Å². The van der Waals surface area contributed by atoms with Crippen molar-refractivity contribution in [2.24, 2.45) is 23.0 Å². The van der Waals surface area contributed by atoms with E-state index < -0.39 is 0 Å². The van der Waals surface area contributed by atoms with Gasteiger partial charge in [0.05, 0.1) is 0 Å². The van der Waals surface area contributed by atoms with E-state index in [1.54, 1.807) is 6.20 Å². The summed E-state index contributed by atoms with van der Waals surface area (Å²) in [6.07, 6.45) is 5.96. The Bertz CT molecular complexity index is 546. The molecule has 25 heavy (non-hydrogen) atoms. The smallest absolute Gasteiger partial charge is 0.213 e. The summed E-state index contributed by atoms with van der Waals surface area (Å²) in [4.78, 5) is 4.29. The van der Waals surface area contributed by atoms with Gasteiger partial charge in [0.1, 0.15) is 6.10 Å². The second-order valence-corrected chi connectivity index (χ2v) is 8.63. The van der Waals surface area contributed by atoms with Crippen LogP contribution in [-0.4, -0.2) is 46.3 Å². The number of hydrogen-bond acceptors (Lipinski definition) is 6. The van der Waals surface area contributed by atoms with Crippen LogP contribution in [0.2, 0.25) is 0 Å². The molecule has 2 aliphatic rings.